The van der Waals surface area contributed by atoms with Crippen LogP contribution in [-0.4, -0.2) is 130 Å². The van der Waals surface area contributed by atoms with E-state index in [-0.39, 0.29) is 24.4 Å². The number of hydrogen-bond donors (Lipinski definition) is 7. The lowest BCUT2D eigenvalue weighted by Gasteiger charge is -2.25. The molecule has 2 aromatic carbocycles. The van der Waals surface area contributed by atoms with Crippen molar-refractivity contribution >= 4 is 46.3 Å². The monoisotopic (exact) mass is 754 g/mol. The summed E-state index contributed by atoms with van der Waals surface area (Å²) in [4.78, 5) is 76.6. The molecule has 0 bridgehead atoms. The number of carboxylic acid groups (broad SMARTS) is 1. The fraction of sp³-hybridized carbons (Fsp3) is 0.444. The summed E-state index contributed by atoms with van der Waals surface area (Å²) in [6.07, 6.45) is -3.89. The molecule has 4 aliphatic heterocycles. The molecule has 290 valence electrons. The van der Waals surface area contributed by atoms with Gasteiger partial charge in [-0.1, -0.05) is 18.2 Å². The summed E-state index contributed by atoms with van der Waals surface area (Å²) < 4.78 is 21.9. The Morgan fingerprint density at radius 1 is 1.09 bits per heavy atom. The Morgan fingerprint density at radius 2 is 1.80 bits per heavy atom. The number of esters is 2. The van der Waals surface area contributed by atoms with Crippen LogP contribution < -0.4 is 20.7 Å². The first-order chi connectivity index (χ1) is 25.5. The third-order valence-electron chi connectivity index (χ3n) is 9.38. The number of nitrogens with one attached hydrogen (secondary N) is 3. The minimum Gasteiger partial charge on any atom is -0.513 e. The first-order valence-electron chi connectivity index (χ1n) is 16.9. The molecule has 4 aliphatic rings. The summed E-state index contributed by atoms with van der Waals surface area (Å²) in [5, 5.41) is 46.0. The standard InChI is InChI=1S/C31H33N3O11.C5H9NO3/c1-14-7-6-8-18-19(14)9-17(42-5)10-20(18)30(41)45-27(31(4)13-43-31)29(40)33-23(28(39)32-21(12-35)15(2)36)24-26(44-16(3)37)25(38)22-11-34(22)24;7-3-1-4(5(8)9)6-2-3/h6-10,12,22,25-27,35,38H,11,13H2,1-5H3,(H,32,39)(H,33,40);3-4,6-7H,1-2H2,(H,8,9)/b21-12-,24-23+;/t22-,25+,26+,27+,31-,34?;/m0./s1. The average Bonchev–Trinajstić information content (AvgIpc) is 4.01. The highest BCUT2D eigenvalue weighted by Gasteiger charge is 2.59. The number of aliphatic hydroxyl groups is 3. The first kappa shape index (κ1) is 39.6. The van der Waals surface area contributed by atoms with Crippen LogP contribution in [-0.2, 0) is 38.2 Å². The number of carbonyl (C=O) groups is 6. The fourth-order valence-corrected chi connectivity index (χ4v) is 6.26. The molecular formula is C36H42N4O14. The van der Waals surface area contributed by atoms with E-state index in [0.29, 0.717) is 30.4 Å². The Labute approximate surface area is 308 Å². The number of carboxylic acids is 1. The van der Waals surface area contributed by atoms with Gasteiger partial charge in [0.25, 0.3) is 11.8 Å². The van der Waals surface area contributed by atoms with Gasteiger partial charge in [0.15, 0.2) is 11.9 Å². The van der Waals surface area contributed by atoms with Crippen molar-refractivity contribution in [2.24, 2.45) is 0 Å². The molecule has 7 atom stereocenters. The van der Waals surface area contributed by atoms with E-state index in [0.717, 1.165) is 24.8 Å². The smallest absolute Gasteiger partial charge is 0.339 e. The van der Waals surface area contributed by atoms with Crippen molar-refractivity contribution in [3.63, 3.8) is 0 Å². The number of carbonyl (C=O) groups excluding carboxylic acids is 5. The number of epoxide rings is 1. The molecule has 0 saturated carbocycles. The minimum atomic E-state index is -1.58. The van der Waals surface area contributed by atoms with Gasteiger partial charge in [-0.3, -0.25) is 24.0 Å². The van der Waals surface area contributed by atoms with Gasteiger partial charge in [0.05, 0.1) is 37.1 Å². The molecule has 0 aliphatic carbocycles. The van der Waals surface area contributed by atoms with Crippen LogP contribution in [0.1, 0.15) is 43.1 Å². The van der Waals surface area contributed by atoms with Crippen LogP contribution in [0, 0.1) is 6.92 Å². The van der Waals surface area contributed by atoms with Crippen LogP contribution in [0.5, 0.6) is 5.75 Å². The summed E-state index contributed by atoms with van der Waals surface area (Å²) in [7, 11) is 1.46. The molecule has 0 radical (unpaired) electrons. The average molecular weight is 755 g/mol. The van der Waals surface area contributed by atoms with Gasteiger partial charge in [-0.2, -0.15) is 0 Å². The predicted octanol–water partition coefficient (Wildman–Crippen LogP) is -0.312. The number of aryl methyl sites for hydroxylation is 1. The van der Waals surface area contributed by atoms with Gasteiger partial charge in [-0.15, -0.1) is 0 Å². The quantitative estimate of drug-likeness (QED) is 0.0671. The molecule has 18 nitrogen and oxygen atoms in total. The number of nitrogens with zero attached hydrogens (tertiary/aromatic N) is 1. The third-order valence-corrected chi connectivity index (χ3v) is 9.38. The summed E-state index contributed by atoms with van der Waals surface area (Å²) in [6, 6.07) is 7.62. The van der Waals surface area contributed by atoms with Crippen LogP contribution in [0.2, 0.25) is 0 Å². The number of hydrogen-bond acceptors (Lipinski definition) is 15. The maximum Gasteiger partial charge on any atom is 0.339 e. The van der Waals surface area contributed by atoms with Gasteiger partial charge in [0, 0.05) is 33.4 Å². The number of aliphatic hydroxyl groups excluding tert-OH is 3. The van der Waals surface area contributed by atoms with E-state index >= 15 is 0 Å². The lowest BCUT2D eigenvalue weighted by molar-refractivity contribution is -0.148. The largest absolute Gasteiger partial charge is 0.513 e. The molecule has 0 spiro atoms. The predicted molar refractivity (Wildman–Crippen MR) is 186 cm³/mol. The number of rotatable bonds is 11. The molecule has 4 saturated heterocycles. The number of allylic oxidation sites excluding steroid dienone is 1. The second-order valence-electron chi connectivity index (χ2n) is 13.5. The minimum absolute atomic E-state index is 0.0319. The van der Waals surface area contributed by atoms with Crippen molar-refractivity contribution in [2.45, 2.75) is 76.2 Å². The van der Waals surface area contributed by atoms with Crippen molar-refractivity contribution in [1.29, 1.82) is 0 Å². The topological polar surface area (TPSA) is 263 Å². The lowest BCUT2D eigenvalue weighted by Crippen LogP contribution is -2.49. The lowest BCUT2D eigenvalue weighted by atomic mass is 9.99. The molecule has 54 heavy (non-hydrogen) atoms. The molecule has 6 rings (SSSR count). The second kappa shape index (κ2) is 15.8. The van der Waals surface area contributed by atoms with Gasteiger partial charge in [-0.25, -0.2) is 4.79 Å². The number of β-amino-alcohol motifs (C(OH)–C–C–N with tert-alkyl or cyclic N) is 1. The molecule has 2 aromatic rings. The highest BCUT2D eigenvalue weighted by Crippen LogP contribution is 2.42. The highest BCUT2D eigenvalue weighted by molar-refractivity contribution is 6.08. The van der Waals surface area contributed by atoms with Crippen molar-refractivity contribution in [2.75, 3.05) is 26.8 Å². The van der Waals surface area contributed by atoms with E-state index < -0.39 is 89.0 Å². The molecule has 7 N–H and O–H groups in total. The number of fused-ring (bicyclic) bond motifs is 2. The van der Waals surface area contributed by atoms with E-state index in [1.807, 2.05) is 13.0 Å². The zero-order chi connectivity index (χ0) is 39.6. The summed E-state index contributed by atoms with van der Waals surface area (Å²) in [5.74, 6) is -4.83. The molecule has 4 heterocycles. The third kappa shape index (κ3) is 8.46. The maximum atomic E-state index is 13.9. The number of piperidine rings is 1. The number of ether oxygens (including phenoxy) is 4. The molecule has 18 heteroatoms. The van der Waals surface area contributed by atoms with Crippen molar-refractivity contribution in [3.8, 4) is 5.75 Å². The number of aliphatic carboxylic acids is 1. The van der Waals surface area contributed by atoms with Crippen molar-refractivity contribution < 1.29 is 68.1 Å². The summed E-state index contributed by atoms with van der Waals surface area (Å²) >= 11 is 0. The molecule has 2 unspecified atom stereocenters. The molecule has 0 aromatic heterocycles. The van der Waals surface area contributed by atoms with Crippen molar-refractivity contribution in [3.05, 3.63) is 64.8 Å². The normalized spacial score (nSPS) is 26.7. The number of amides is 2. The van der Waals surface area contributed by atoms with E-state index in [1.54, 1.807) is 30.0 Å². The Bertz CT molecular complexity index is 1940. The van der Waals surface area contributed by atoms with Crippen molar-refractivity contribution in [1.82, 2.24) is 20.9 Å². The Hall–Kier alpha value is -5.56. The van der Waals surface area contributed by atoms with Gasteiger partial charge in [0.1, 0.15) is 41.2 Å². The van der Waals surface area contributed by atoms with Crippen LogP contribution >= 0.6 is 0 Å². The molecule has 2 amide bonds. The molecular weight excluding hydrogens is 712 g/mol. The van der Waals surface area contributed by atoms with E-state index in [1.165, 1.54) is 13.2 Å². The summed E-state index contributed by atoms with van der Waals surface area (Å²) in [5.41, 5.74) is -1.25. The SMILES string of the molecule is COc1cc(C(=O)O[C@H](C(=O)N/C(C(=O)N/C(=C\O)C(C)=O)=C2\[C@@H](OC(C)=O)[C@H](O)[C@@H]3CN23)[C@]2(C)CO2)c2cccc(C)c2c1.O=C(O)C1CC(O)CN1. The maximum absolute atomic E-state index is 13.9. The second-order valence-corrected chi connectivity index (χ2v) is 13.5. The fourth-order valence-electron chi connectivity index (χ4n) is 6.26. The van der Waals surface area contributed by atoms with E-state index in [4.69, 9.17) is 29.2 Å². The first-order valence-corrected chi connectivity index (χ1v) is 16.9. The number of Topliss-reactive ketones (excluding diaryl/α,β-unsaturated/α-hetero) is 1. The van der Waals surface area contributed by atoms with Gasteiger partial charge in [-0.05, 0) is 42.3 Å². The number of benzene rings is 2. The number of methoxy groups -OCH3 is 1. The van der Waals surface area contributed by atoms with Crippen LogP contribution in [0.25, 0.3) is 10.8 Å². The Kier molecular flexibility index (Phi) is 11.6. The zero-order valence-electron chi connectivity index (χ0n) is 30.1. The van der Waals surface area contributed by atoms with Gasteiger partial charge < -0.3 is 60.2 Å². The van der Waals surface area contributed by atoms with Crippen LogP contribution in [0.3, 0.4) is 0 Å². The zero-order valence-corrected chi connectivity index (χ0v) is 30.1. The summed E-state index contributed by atoms with van der Waals surface area (Å²) in [6.45, 7) is 6.39. The Balaban J connectivity index is 0.000000546. The van der Waals surface area contributed by atoms with E-state index in [9.17, 15) is 39.0 Å². The van der Waals surface area contributed by atoms with Gasteiger partial charge in [0.2, 0.25) is 6.10 Å². The van der Waals surface area contributed by atoms with Crippen LogP contribution in [0.4, 0.5) is 0 Å². The van der Waals surface area contributed by atoms with E-state index in [2.05, 4.69) is 16.0 Å². The highest BCUT2D eigenvalue weighted by atomic mass is 16.6. The molecule has 4 fully saturated rings. The van der Waals surface area contributed by atoms with Gasteiger partial charge >= 0.3 is 17.9 Å². The number of ketones is 1. The Morgan fingerprint density at radius 3 is 2.33 bits per heavy atom. The van der Waals surface area contributed by atoms with Crippen LogP contribution in [0.15, 0.2) is 53.7 Å².